The predicted molar refractivity (Wildman–Crippen MR) is 45.9 cm³/mol. The number of hydrogen-bond acceptors (Lipinski definition) is 4. The van der Waals surface area contributed by atoms with E-state index >= 15 is 0 Å². The maximum absolute atomic E-state index is 11.1. The summed E-state index contributed by atoms with van der Waals surface area (Å²) in [5.74, 6) is -0.0104. The molecular formula is C9H14O4. The van der Waals surface area contributed by atoms with Gasteiger partial charge in [0.15, 0.2) is 0 Å². The maximum atomic E-state index is 11.1. The fourth-order valence-electron chi connectivity index (χ4n) is 1.31. The lowest BCUT2D eigenvalue weighted by Gasteiger charge is -2.08. The van der Waals surface area contributed by atoms with Crippen molar-refractivity contribution < 1.29 is 19.4 Å². The minimum absolute atomic E-state index is 0.144. The third-order valence-electron chi connectivity index (χ3n) is 2.00. The average molecular weight is 186 g/mol. The van der Waals surface area contributed by atoms with E-state index in [1.807, 2.05) is 6.92 Å². The summed E-state index contributed by atoms with van der Waals surface area (Å²) < 4.78 is 9.67. The summed E-state index contributed by atoms with van der Waals surface area (Å²) >= 11 is 0. The Morgan fingerprint density at radius 3 is 2.92 bits per heavy atom. The second-order valence-corrected chi connectivity index (χ2v) is 2.92. The molecule has 0 radical (unpaired) electrons. The smallest absolute Gasteiger partial charge is 0.340 e. The zero-order valence-corrected chi connectivity index (χ0v) is 7.87. The van der Waals surface area contributed by atoms with Crippen molar-refractivity contribution in [2.45, 2.75) is 25.9 Å². The number of aliphatic hydroxyl groups is 1. The summed E-state index contributed by atoms with van der Waals surface area (Å²) in [5, 5.41) is 9.58. The van der Waals surface area contributed by atoms with Gasteiger partial charge in [-0.2, -0.15) is 0 Å². The molecular weight excluding hydrogens is 172 g/mol. The van der Waals surface area contributed by atoms with Crippen LogP contribution >= 0.6 is 0 Å². The van der Waals surface area contributed by atoms with E-state index in [-0.39, 0.29) is 12.2 Å². The summed E-state index contributed by atoms with van der Waals surface area (Å²) in [7, 11) is 1.47. The van der Waals surface area contributed by atoms with Crippen LogP contribution in [-0.4, -0.2) is 30.9 Å². The Kier molecular flexibility index (Phi) is 3.31. The summed E-state index contributed by atoms with van der Waals surface area (Å²) in [6.07, 6.45) is 0.613. The predicted octanol–water partition coefficient (Wildman–Crippen LogP) is 0.605. The van der Waals surface area contributed by atoms with Gasteiger partial charge >= 0.3 is 5.97 Å². The van der Waals surface area contributed by atoms with Crippen LogP contribution in [0, 0.1) is 0 Å². The van der Waals surface area contributed by atoms with Crippen LogP contribution in [0.4, 0.5) is 0 Å². The van der Waals surface area contributed by atoms with Gasteiger partial charge in [0.05, 0.1) is 13.2 Å². The molecule has 0 aromatic heterocycles. The van der Waals surface area contributed by atoms with Crippen LogP contribution in [0.2, 0.25) is 0 Å². The third kappa shape index (κ3) is 2.01. The van der Waals surface area contributed by atoms with E-state index in [0.29, 0.717) is 12.2 Å². The Hall–Kier alpha value is -1.03. The molecule has 0 spiro atoms. The van der Waals surface area contributed by atoms with Crippen LogP contribution in [-0.2, 0) is 14.3 Å². The first-order chi connectivity index (χ1) is 6.20. The summed E-state index contributed by atoms with van der Waals surface area (Å²) in [6, 6.07) is 0. The minimum atomic E-state index is -0.755. The highest BCUT2D eigenvalue weighted by Gasteiger charge is 2.30. The molecule has 4 heteroatoms. The highest BCUT2D eigenvalue weighted by molar-refractivity contribution is 5.92. The molecule has 0 fully saturated rings. The van der Waals surface area contributed by atoms with Gasteiger partial charge in [-0.25, -0.2) is 4.79 Å². The molecule has 4 nitrogen and oxygen atoms in total. The van der Waals surface area contributed by atoms with E-state index in [0.717, 1.165) is 6.42 Å². The van der Waals surface area contributed by atoms with Crippen molar-refractivity contribution in [3.05, 3.63) is 11.3 Å². The van der Waals surface area contributed by atoms with Crippen molar-refractivity contribution in [2.75, 3.05) is 13.7 Å². The average Bonchev–Trinajstić information content (AvgIpc) is 2.47. The number of ether oxygens (including phenoxy) is 2. The van der Waals surface area contributed by atoms with E-state index in [2.05, 4.69) is 0 Å². The van der Waals surface area contributed by atoms with Crippen molar-refractivity contribution >= 4 is 5.97 Å². The number of rotatable bonds is 4. The van der Waals surface area contributed by atoms with E-state index in [4.69, 9.17) is 9.47 Å². The van der Waals surface area contributed by atoms with E-state index in [1.54, 1.807) is 0 Å². The molecule has 0 saturated carbocycles. The van der Waals surface area contributed by atoms with Crippen molar-refractivity contribution in [2.24, 2.45) is 0 Å². The van der Waals surface area contributed by atoms with Crippen molar-refractivity contribution in [3.8, 4) is 0 Å². The molecule has 1 aliphatic heterocycles. The van der Waals surface area contributed by atoms with Crippen LogP contribution in [0.5, 0.6) is 0 Å². The topological polar surface area (TPSA) is 55.8 Å². The third-order valence-corrected chi connectivity index (χ3v) is 2.00. The largest absolute Gasteiger partial charge is 0.497 e. The molecule has 1 unspecified atom stereocenters. The molecule has 1 N–H and O–H groups in total. The molecule has 0 amide bonds. The lowest BCUT2D eigenvalue weighted by molar-refractivity contribution is -0.137. The molecule has 1 atom stereocenters. The Balaban J connectivity index is 2.78. The van der Waals surface area contributed by atoms with Gasteiger partial charge in [0.2, 0.25) is 0 Å². The summed E-state index contributed by atoms with van der Waals surface area (Å²) in [5.41, 5.74) is 0.282. The van der Waals surface area contributed by atoms with Crippen LogP contribution in [0.15, 0.2) is 11.3 Å². The monoisotopic (exact) mass is 186 g/mol. The summed E-state index contributed by atoms with van der Waals surface area (Å²) in [6.45, 7) is 2.09. The Morgan fingerprint density at radius 1 is 1.69 bits per heavy atom. The molecule has 0 bridgehead atoms. The first-order valence-electron chi connectivity index (χ1n) is 4.33. The minimum Gasteiger partial charge on any atom is -0.497 e. The fraction of sp³-hybridized carbons (Fsp3) is 0.667. The van der Waals surface area contributed by atoms with Crippen molar-refractivity contribution in [1.82, 2.24) is 0 Å². The van der Waals surface area contributed by atoms with Crippen LogP contribution in [0.25, 0.3) is 0 Å². The van der Waals surface area contributed by atoms with Gasteiger partial charge in [-0.15, -0.1) is 0 Å². The van der Waals surface area contributed by atoms with Crippen molar-refractivity contribution in [1.29, 1.82) is 0 Å². The Bertz CT molecular complexity index is 232. The van der Waals surface area contributed by atoms with Gasteiger partial charge in [-0.3, -0.25) is 0 Å². The zero-order chi connectivity index (χ0) is 9.84. The van der Waals surface area contributed by atoms with E-state index in [1.165, 1.54) is 7.11 Å². The van der Waals surface area contributed by atoms with E-state index < -0.39 is 12.1 Å². The lowest BCUT2D eigenvalue weighted by atomic mass is 10.1. The lowest BCUT2D eigenvalue weighted by Crippen LogP contribution is -2.16. The summed E-state index contributed by atoms with van der Waals surface area (Å²) in [4.78, 5) is 11.1. The highest BCUT2D eigenvalue weighted by atomic mass is 16.6. The SMILES string of the molecule is CCCC(O)C1=C(OC)COC1=O. The molecule has 0 aromatic carbocycles. The van der Waals surface area contributed by atoms with Crippen LogP contribution in [0.1, 0.15) is 19.8 Å². The first kappa shape index (κ1) is 10.1. The number of esters is 1. The molecule has 0 aromatic rings. The van der Waals surface area contributed by atoms with Gasteiger partial charge in [0.1, 0.15) is 17.9 Å². The number of carbonyl (C=O) groups is 1. The molecule has 13 heavy (non-hydrogen) atoms. The van der Waals surface area contributed by atoms with E-state index in [9.17, 15) is 9.90 Å². The van der Waals surface area contributed by atoms with Crippen LogP contribution < -0.4 is 0 Å². The molecule has 0 aliphatic carbocycles. The van der Waals surface area contributed by atoms with Gasteiger partial charge in [-0.05, 0) is 6.42 Å². The van der Waals surface area contributed by atoms with Crippen LogP contribution in [0.3, 0.4) is 0 Å². The molecule has 74 valence electrons. The van der Waals surface area contributed by atoms with Gasteiger partial charge in [0.25, 0.3) is 0 Å². The Labute approximate surface area is 77.1 Å². The normalized spacial score (nSPS) is 18.8. The number of methoxy groups -OCH3 is 1. The number of cyclic esters (lactones) is 1. The fourth-order valence-corrected chi connectivity index (χ4v) is 1.31. The molecule has 1 rings (SSSR count). The maximum Gasteiger partial charge on any atom is 0.340 e. The zero-order valence-electron chi connectivity index (χ0n) is 7.87. The second kappa shape index (κ2) is 4.28. The Morgan fingerprint density at radius 2 is 2.38 bits per heavy atom. The number of hydrogen-bond donors (Lipinski definition) is 1. The van der Waals surface area contributed by atoms with Crippen molar-refractivity contribution in [3.63, 3.8) is 0 Å². The number of aliphatic hydroxyl groups excluding tert-OH is 1. The number of carbonyl (C=O) groups excluding carboxylic acids is 1. The first-order valence-corrected chi connectivity index (χ1v) is 4.33. The molecule has 0 saturated heterocycles. The second-order valence-electron chi connectivity index (χ2n) is 2.92. The highest BCUT2D eigenvalue weighted by Crippen LogP contribution is 2.21. The van der Waals surface area contributed by atoms with Gasteiger partial charge in [0, 0.05) is 0 Å². The molecule has 1 heterocycles. The standard InChI is InChI=1S/C9H14O4/c1-3-4-6(10)8-7(12-2)5-13-9(8)11/h6,10H,3-5H2,1-2H3. The van der Waals surface area contributed by atoms with Gasteiger partial charge < -0.3 is 14.6 Å². The molecule has 1 aliphatic rings. The van der Waals surface area contributed by atoms with Gasteiger partial charge in [-0.1, -0.05) is 13.3 Å². The quantitative estimate of drug-likeness (QED) is 0.653.